The van der Waals surface area contributed by atoms with Crippen LogP contribution in [0.4, 0.5) is 4.39 Å². The largest absolute Gasteiger partial charge is 0.296 e. The summed E-state index contributed by atoms with van der Waals surface area (Å²) in [6.07, 6.45) is 5.33. The van der Waals surface area contributed by atoms with E-state index in [1.807, 2.05) is 0 Å². The lowest BCUT2D eigenvalue weighted by Crippen LogP contribution is -2.51. The lowest BCUT2D eigenvalue weighted by Gasteiger charge is -2.45. The van der Waals surface area contributed by atoms with Gasteiger partial charge >= 0.3 is 0 Å². The average molecular weight is 275 g/mol. The van der Waals surface area contributed by atoms with Gasteiger partial charge in [-0.1, -0.05) is 31.4 Å². The maximum atomic E-state index is 13.5. The number of carbonyl (C=O) groups excluding carboxylic acids is 2. The number of imide groups is 1. The molecular formula is C16H18FNO2. The van der Waals surface area contributed by atoms with Gasteiger partial charge in [0.1, 0.15) is 5.82 Å². The molecule has 1 aliphatic carbocycles. The van der Waals surface area contributed by atoms with Crippen LogP contribution in [0.1, 0.15) is 50.0 Å². The second kappa shape index (κ2) is 5.00. The zero-order valence-corrected chi connectivity index (χ0v) is 11.3. The molecule has 1 heterocycles. The minimum atomic E-state index is -0.406. The van der Waals surface area contributed by atoms with E-state index in [9.17, 15) is 14.0 Å². The molecule has 2 aliphatic rings. The van der Waals surface area contributed by atoms with E-state index in [0.717, 1.165) is 32.1 Å². The van der Waals surface area contributed by atoms with Crippen LogP contribution in [0.3, 0.4) is 0 Å². The standard InChI is InChI=1S/C16H18FNO2/c17-12-6-4-5-11(9-12)14-15(20)18-13(19)10-16(14)7-2-1-3-8-16/h4-6,9,14H,1-3,7-8,10H2,(H,18,19,20). The van der Waals surface area contributed by atoms with E-state index in [-0.39, 0.29) is 23.0 Å². The number of carbonyl (C=O) groups is 2. The first-order valence-electron chi connectivity index (χ1n) is 7.20. The first-order valence-corrected chi connectivity index (χ1v) is 7.20. The molecular weight excluding hydrogens is 257 g/mol. The molecule has 0 bridgehead atoms. The molecule has 4 heteroatoms. The fraction of sp³-hybridized carbons (Fsp3) is 0.500. The zero-order chi connectivity index (χ0) is 14.2. The van der Waals surface area contributed by atoms with Gasteiger partial charge in [0, 0.05) is 6.42 Å². The Kier molecular flexibility index (Phi) is 3.32. The van der Waals surface area contributed by atoms with Crippen molar-refractivity contribution in [2.45, 2.75) is 44.4 Å². The summed E-state index contributed by atoms with van der Waals surface area (Å²) in [5.41, 5.74) is 0.378. The monoisotopic (exact) mass is 275 g/mol. The van der Waals surface area contributed by atoms with Crippen LogP contribution in [0.2, 0.25) is 0 Å². The Morgan fingerprint density at radius 2 is 1.90 bits per heavy atom. The van der Waals surface area contributed by atoms with Gasteiger partial charge in [-0.25, -0.2) is 4.39 Å². The van der Waals surface area contributed by atoms with E-state index in [1.165, 1.54) is 12.1 Å². The summed E-state index contributed by atoms with van der Waals surface area (Å²) in [6, 6.07) is 6.23. The van der Waals surface area contributed by atoms with Crippen LogP contribution >= 0.6 is 0 Å². The minimum absolute atomic E-state index is 0.190. The Morgan fingerprint density at radius 1 is 1.15 bits per heavy atom. The summed E-state index contributed by atoms with van der Waals surface area (Å²) in [7, 11) is 0. The number of halogens is 1. The van der Waals surface area contributed by atoms with Crippen LogP contribution in [0.5, 0.6) is 0 Å². The van der Waals surface area contributed by atoms with E-state index in [1.54, 1.807) is 12.1 Å². The molecule has 1 aromatic rings. The minimum Gasteiger partial charge on any atom is -0.296 e. The Bertz CT molecular complexity index is 549. The molecule has 1 aliphatic heterocycles. The van der Waals surface area contributed by atoms with Gasteiger partial charge in [-0.2, -0.15) is 0 Å². The number of benzene rings is 1. The number of hydrogen-bond donors (Lipinski definition) is 1. The zero-order valence-electron chi connectivity index (χ0n) is 11.3. The van der Waals surface area contributed by atoms with E-state index in [4.69, 9.17) is 0 Å². The van der Waals surface area contributed by atoms with Crippen LogP contribution in [0.15, 0.2) is 24.3 Å². The SMILES string of the molecule is O=C1CC2(CCCCC2)C(c2cccc(F)c2)C(=O)N1. The average Bonchev–Trinajstić information content (AvgIpc) is 2.38. The van der Waals surface area contributed by atoms with Crippen LogP contribution in [-0.4, -0.2) is 11.8 Å². The quantitative estimate of drug-likeness (QED) is 0.801. The van der Waals surface area contributed by atoms with Crippen molar-refractivity contribution in [2.24, 2.45) is 5.41 Å². The van der Waals surface area contributed by atoms with Gasteiger partial charge in [0.05, 0.1) is 5.92 Å². The Morgan fingerprint density at radius 3 is 2.60 bits per heavy atom. The van der Waals surface area contributed by atoms with Gasteiger partial charge < -0.3 is 0 Å². The molecule has 1 atom stereocenters. The van der Waals surface area contributed by atoms with Gasteiger partial charge in [-0.3, -0.25) is 14.9 Å². The lowest BCUT2D eigenvalue weighted by atomic mass is 9.60. The smallest absolute Gasteiger partial charge is 0.234 e. The van der Waals surface area contributed by atoms with Crippen molar-refractivity contribution >= 4 is 11.8 Å². The van der Waals surface area contributed by atoms with E-state index in [0.29, 0.717) is 12.0 Å². The van der Waals surface area contributed by atoms with Crippen LogP contribution in [0, 0.1) is 11.2 Å². The highest BCUT2D eigenvalue weighted by Gasteiger charge is 2.49. The number of piperidine rings is 1. The van der Waals surface area contributed by atoms with Gasteiger partial charge in [-0.05, 0) is 36.0 Å². The van der Waals surface area contributed by atoms with Crippen LogP contribution in [0.25, 0.3) is 0 Å². The lowest BCUT2D eigenvalue weighted by molar-refractivity contribution is -0.141. The third kappa shape index (κ3) is 2.23. The van der Waals surface area contributed by atoms with Gasteiger partial charge in [-0.15, -0.1) is 0 Å². The molecule has 0 aromatic heterocycles. The molecule has 2 amide bonds. The second-order valence-electron chi connectivity index (χ2n) is 6.00. The molecule has 2 fully saturated rings. The number of hydrogen-bond acceptors (Lipinski definition) is 2. The van der Waals surface area contributed by atoms with Gasteiger partial charge in [0.15, 0.2) is 0 Å². The topological polar surface area (TPSA) is 46.2 Å². The number of rotatable bonds is 1. The number of amides is 2. The number of nitrogens with one attached hydrogen (secondary N) is 1. The predicted octanol–water partition coefficient (Wildman–Crippen LogP) is 2.91. The summed E-state index contributed by atoms with van der Waals surface area (Å²) in [6.45, 7) is 0. The summed E-state index contributed by atoms with van der Waals surface area (Å²) >= 11 is 0. The highest BCUT2D eigenvalue weighted by molar-refractivity contribution is 6.02. The van der Waals surface area contributed by atoms with Crippen molar-refractivity contribution in [3.8, 4) is 0 Å². The first kappa shape index (κ1) is 13.3. The molecule has 20 heavy (non-hydrogen) atoms. The normalized spacial score (nSPS) is 25.6. The molecule has 1 saturated carbocycles. The van der Waals surface area contributed by atoms with Crippen molar-refractivity contribution in [1.82, 2.24) is 5.32 Å². The third-order valence-corrected chi connectivity index (χ3v) is 4.68. The summed E-state index contributed by atoms with van der Waals surface area (Å²) in [5.74, 6) is -1.20. The molecule has 3 rings (SSSR count). The Labute approximate surface area is 117 Å². The molecule has 1 aromatic carbocycles. The second-order valence-corrected chi connectivity index (χ2v) is 6.00. The maximum absolute atomic E-state index is 13.5. The van der Waals surface area contributed by atoms with Crippen molar-refractivity contribution in [3.05, 3.63) is 35.6 Å². The van der Waals surface area contributed by atoms with Gasteiger partial charge in [0.2, 0.25) is 11.8 Å². The highest BCUT2D eigenvalue weighted by atomic mass is 19.1. The highest BCUT2D eigenvalue weighted by Crippen LogP contribution is 2.51. The maximum Gasteiger partial charge on any atom is 0.234 e. The van der Waals surface area contributed by atoms with E-state index >= 15 is 0 Å². The molecule has 1 N–H and O–H groups in total. The van der Waals surface area contributed by atoms with Crippen molar-refractivity contribution in [1.29, 1.82) is 0 Å². The fourth-order valence-electron chi connectivity index (χ4n) is 3.87. The predicted molar refractivity (Wildman–Crippen MR) is 72.4 cm³/mol. The van der Waals surface area contributed by atoms with Crippen LogP contribution in [-0.2, 0) is 9.59 Å². The van der Waals surface area contributed by atoms with E-state index < -0.39 is 5.92 Å². The first-order chi connectivity index (χ1) is 9.61. The van der Waals surface area contributed by atoms with Gasteiger partial charge in [0.25, 0.3) is 0 Å². The molecule has 3 nitrogen and oxygen atoms in total. The molecule has 1 spiro atoms. The Hall–Kier alpha value is -1.71. The Balaban J connectivity index is 2.03. The fourth-order valence-corrected chi connectivity index (χ4v) is 3.87. The van der Waals surface area contributed by atoms with Crippen molar-refractivity contribution in [2.75, 3.05) is 0 Å². The summed E-state index contributed by atoms with van der Waals surface area (Å²) in [4.78, 5) is 24.1. The third-order valence-electron chi connectivity index (χ3n) is 4.68. The van der Waals surface area contributed by atoms with Crippen molar-refractivity contribution < 1.29 is 14.0 Å². The molecule has 1 saturated heterocycles. The van der Waals surface area contributed by atoms with Crippen molar-refractivity contribution in [3.63, 3.8) is 0 Å². The molecule has 106 valence electrons. The molecule has 1 unspecified atom stereocenters. The molecule has 0 radical (unpaired) electrons. The summed E-state index contributed by atoms with van der Waals surface area (Å²) in [5, 5.41) is 2.42. The summed E-state index contributed by atoms with van der Waals surface area (Å²) < 4.78 is 13.5. The van der Waals surface area contributed by atoms with E-state index in [2.05, 4.69) is 5.32 Å². The van der Waals surface area contributed by atoms with Crippen LogP contribution < -0.4 is 5.32 Å².